The molecule has 0 heterocycles. The lowest BCUT2D eigenvalue weighted by molar-refractivity contribution is 0.243. The number of rotatable bonds is 8. The van der Waals surface area contributed by atoms with Gasteiger partial charge < -0.3 is 10.2 Å². The van der Waals surface area contributed by atoms with Crippen molar-refractivity contribution >= 4 is 0 Å². The van der Waals surface area contributed by atoms with Gasteiger partial charge in [0.2, 0.25) is 0 Å². The highest BCUT2D eigenvalue weighted by molar-refractivity contribution is 4.66. The van der Waals surface area contributed by atoms with Crippen LogP contribution in [-0.2, 0) is 0 Å². The molecule has 0 rings (SSSR count). The molecule has 1 atom stereocenters. The SMILES string of the molecule is CCCC(C)N(C)CCNCCC(C)(C)C. The van der Waals surface area contributed by atoms with Crippen molar-refractivity contribution in [1.29, 1.82) is 0 Å². The van der Waals surface area contributed by atoms with E-state index in [9.17, 15) is 0 Å². The zero-order valence-electron chi connectivity index (χ0n) is 12.3. The molecule has 2 nitrogen and oxygen atoms in total. The van der Waals surface area contributed by atoms with Gasteiger partial charge in [0.1, 0.15) is 0 Å². The molecule has 0 saturated heterocycles. The summed E-state index contributed by atoms with van der Waals surface area (Å²) in [5.41, 5.74) is 0.453. The Labute approximate surface area is 103 Å². The first-order chi connectivity index (χ1) is 7.37. The van der Waals surface area contributed by atoms with Crippen LogP contribution in [-0.4, -0.2) is 37.6 Å². The van der Waals surface area contributed by atoms with Crippen LogP contribution in [0.4, 0.5) is 0 Å². The molecule has 0 aliphatic rings. The molecule has 0 aromatic heterocycles. The van der Waals surface area contributed by atoms with Crippen molar-refractivity contribution in [3.63, 3.8) is 0 Å². The molecule has 0 aromatic carbocycles. The fourth-order valence-corrected chi connectivity index (χ4v) is 1.70. The quantitative estimate of drug-likeness (QED) is 0.642. The van der Waals surface area contributed by atoms with Crippen LogP contribution >= 0.6 is 0 Å². The van der Waals surface area contributed by atoms with E-state index in [4.69, 9.17) is 0 Å². The highest BCUT2D eigenvalue weighted by Crippen LogP contribution is 2.16. The normalized spacial score (nSPS) is 14.4. The molecule has 0 saturated carbocycles. The van der Waals surface area contributed by atoms with Gasteiger partial charge in [-0.2, -0.15) is 0 Å². The minimum atomic E-state index is 0.453. The standard InChI is InChI=1S/C14H32N2/c1-7-8-13(2)16(6)12-11-15-10-9-14(3,4)5/h13,15H,7-12H2,1-6H3. The lowest BCUT2D eigenvalue weighted by Crippen LogP contribution is -2.36. The van der Waals surface area contributed by atoms with Crippen molar-refractivity contribution in [3.8, 4) is 0 Å². The summed E-state index contributed by atoms with van der Waals surface area (Å²) in [5, 5.41) is 3.53. The Bertz CT molecular complexity index is 161. The fourth-order valence-electron chi connectivity index (χ4n) is 1.70. The van der Waals surface area contributed by atoms with Crippen molar-refractivity contribution in [3.05, 3.63) is 0 Å². The predicted octanol–water partition coefficient (Wildman–Crippen LogP) is 3.13. The zero-order valence-corrected chi connectivity index (χ0v) is 12.3. The largest absolute Gasteiger partial charge is 0.315 e. The average molecular weight is 228 g/mol. The molecule has 0 aliphatic heterocycles. The molecule has 2 heteroatoms. The van der Waals surface area contributed by atoms with Gasteiger partial charge in [0.05, 0.1) is 0 Å². The summed E-state index contributed by atoms with van der Waals surface area (Å²) in [6, 6.07) is 0.717. The van der Waals surface area contributed by atoms with Gasteiger partial charge in [0.25, 0.3) is 0 Å². The fraction of sp³-hybridized carbons (Fsp3) is 1.00. The van der Waals surface area contributed by atoms with Crippen LogP contribution in [0.2, 0.25) is 0 Å². The number of nitrogens with zero attached hydrogens (tertiary/aromatic N) is 1. The van der Waals surface area contributed by atoms with Crippen molar-refractivity contribution in [1.82, 2.24) is 10.2 Å². The maximum absolute atomic E-state index is 3.53. The maximum Gasteiger partial charge on any atom is 0.0107 e. The maximum atomic E-state index is 3.53. The Morgan fingerprint density at radius 3 is 2.31 bits per heavy atom. The summed E-state index contributed by atoms with van der Waals surface area (Å²) >= 11 is 0. The Balaban J connectivity index is 3.44. The molecule has 0 aromatic rings. The average Bonchev–Trinajstić information content (AvgIpc) is 2.15. The van der Waals surface area contributed by atoms with E-state index in [0.29, 0.717) is 5.41 Å². The zero-order chi connectivity index (χ0) is 12.6. The first kappa shape index (κ1) is 15.9. The molecule has 1 N–H and O–H groups in total. The number of likely N-dealkylation sites (N-methyl/N-ethyl adjacent to an activating group) is 1. The van der Waals surface area contributed by atoms with Gasteiger partial charge >= 0.3 is 0 Å². The van der Waals surface area contributed by atoms with Crippen molar-refractivity contribution in [2.24, 2.45) is 5.41 Å². The van der Waals surface area contributed by atoms with Crippen LogP contribution in [0.5, 0.6) is 0 Å². The van der Waals surface area contributed by atoms with Gasteiger partial charge in [-0.1, -0.05) is 34.1 Å². The van der Waals surface area contributed by atoms with E-state index in [0.717, 1.165) is 25.7 Å². The second kappa shape index (κ2) is 8.08. The summed E-state index contributed by atoms with van der Waals surface area (Å²) in [5.74, 6) is 0. The van der Waals surface area contributed by atoms with E-state index in [1.54, 1.807) is 0 Å². The van der Waals surface area contributed by atoms with Crippen molar-refractivity contribution in [2.45, 2.75) is 59.9 Å². The lowest BCUT2D eigenvalue weighted by Gasteiger charge is -2.25. The van der Waals surface area contributed by atoms with E-state index in [2.05, 4.69) is 51.9 Å². The van der Waals surface area contributed by atoms with Crippen LogP contribution in [0.1, 0.15) is 53.9 Å². The number of hydrogen-bond donors (Lipinski definition) is 1. The van der Waals surface area contributed by atoms with Crippen molar-refractivity contribution in [2.75, 3.05) is 26.7 Å². The Hall–Kier alpha value is -0.0800. The van der Waals surface area contributed by atoms with Gasteiger partial charge in [-0.05, 0) is 38.8 Å². The van der Waals surface area contributed by atoms with Gasteiger partial charge in [-0.15, -0.1) is 0 Å². The molecular formula is C14H32N2. The van der Waals surface area contributed by atoms with E-state index < -0.39 is 0 Å². The summed E-state index contributed by atoms with van der Waals surface area (Å²) < 4.78 is 0. The second-order valence-electron chi connectivity index (χ2n) is 6.18. The smallest absolute Gasteiger partial charge is 0.0107 e. The molecule has 0 amide bonds. The third kappa shape index (κ3) is 9.17. The first-order valence-corrected chi connectivity index (χ1v) is 6.78. The number of hydrogen-bond acceptors (Lipinski definition) is 2. The minimum absolute atomic E-state index is 0.453. The van der Waals surface area contributed by atoms with Crippen LogP contribution in [0.15, 0.2) is 0 Å². The third-order valence-electron chi connectivity index (χ3n) is 3.15. The van der Waals surface area contributed by atoms with Crippen molar-refractivity contribution < 1.29 is 0 Å². The molecule has 1 unspecified atom stereocenters. The molecule has 0 spiro atoms. The minimum Gasteiger partial charge on any atom is -0.315 e. The molecule has 0 radical (unpaired) electrons. The highest BCUT2D eigenvalue weighted by atomic mass is 15.1. The molecule has 16 heavy (non-hydrogen) atoms. The monoisotopic (exact) mass is 228 g/mol. The molecular weight excluding hydrogens is 196 g/mol. The topological polar surface area (TPSA) is 15.3 Å². The predicted molar refractivity (Wildman–Crippen MR) is 73.9 cm³/mol. The summed E-state index contributed by atoms with van der Waals surface area (Å²) in [4.78, 5) is 2.45. The highest BCUT2D eigenvalue weighted by Gasteiger charge is 2.09. The second-order valence-corrected chi connectivity index (χ2v) is 6.18. The number of nitrogens with one attached hydrogen (secondary N) is 1. The van der Waals surface area contributed by atoms with E-state index in [-0.39, 0.29) is 0 Å². The Kier molecular flexibility index (Phi) is 8.04. The van der Waals surface area contributed by atoms with Gasteiger partial charge in [-0.3, -0.25) is 0 Å². The molecule has 0 bridgehead atoms. The Morgan fingerprint density at radius 1 is 1.19 bits per heavy atom. The first-order valence-electron chi connectivity index (χ1n) is 6.78. The summed E-state index contributed by atoms with van der Waals surface area (Å²) in [6.07, 6.45) is 3.84. The van der Waals surface area contributed by atoms with Crippen LogP contribution < -0.4 is 5.32 Å². The molecule has 0 fully saturated rings. The van der Waals surface area contributed by atoms with E-state index in [1.165, 1.54) is 19.3 Å². The van der Waals surface area contributed by atoms with E-state index >= 15 is 0 Å². The van der Waals surface area contributed by atoms with Gasteiger partial charge in [0.15, 0.2) is 0 Å². The lowest BCUT2D eigenvalue weighted by atomic mass is 9.92. The summed E-state index contributed by atoms with van der Waals surface area (Å²) in [6.45, 7) is 14.9. The van der Waals surface area contributed by atoms with E-state index in [1.807, 2.05) is 0 Å². The van der Waals surface area contributed by atoms with Crippen LogP contribution in [0, 0.1) is 5.41 Å². The Morgan fingerprint density at radius 2 is 1.81 bits per heavy atom. The van der Waals surface area contributed by atoms with Gasteiger partial charge in [0, 0.05) is 19.1 Å². The van der Waals surface area contributed by atoms with Gasteiger partial charge in [-0.25, -0.2) is 0 Å². The van der Waals surface area contributed by atoms with Crippen LogP contribution in [0.25, 0.3) is 0 Å². The van der Waals surface area contributed by atoms with Crippen LogP contribution in [0.3, 0.4) is 0 Å². The summed E-state index contributed by atoms with van der Waals surface area (Å²) in [7, 11) is 2.23. The third-order valence-corrected chi connectivity index (χ3v) is 3.15. The molecule has 0 aliphatic carbocycles. The molecule has 98 valence electrons.